The molecule has 0 fully saturated rings. The van der Waals surface area contributed by atoms with E-state index in [4.69, 9.17) is 16.3 Å². The molecule has 32 heavy (non-hydrogen) atoms. The number of hydrogen-bond acceptors (Lipinski definition) is 4. The van der Waals surface area contributed by atoms with E-state index in [-0.39, 0.29) is 18.5 Å². The van der Waals surface area contributed by atoms with Crippen molar-refractivity contribution in [2.24, 2.45) is 0 Å². The Morgan fingerprint density at radius 3 is 2.38 bits per heavy atom. The second-order valence-electron chi connectivity index (χ2n) is 7.38. The molecule has 0 radical (unpaired) electrons. The normalized spacial score (nSPS) is 12.1. The first-order valence-electron chi connectivity index (χ1n) is 9.95. The Balaban J connectivity index is 1.74. The number of rotatable bonds is 8. The quantitative estimate of drug-likeness (QED) is 0.510. The van der Waals surface area contributed by atoms with E-state index < -0.39 is 10.0 Å². The Hall–Kier alpha value is -3.03. The molecule has 8 heteroatoms. The third-order valence-corrected chi connectivity index (χ3v) is 6.37. The Kier molecular flexibility index (Phi) is 7.43. The number of nitrogens with one attached hydrogen (secondary N) is 1. The smallest absolute Gasteiger partial charge is 0.251 e. The molecule has 3 aromatic rings. The molecule has 1 amide bonds. The second-order valence-corrected chi connectivity index (χ2v) is 9.73. The maximum atomic E-state index is 12.7. The van der Waals surface area contributed by atoms with Gasteiger partial charge in [0.15, 0.2) is 0 Å². The van der Waals surface area contributed by atoms with Gasteiger partial charge < -0.3 is 10.1 Å². The van der Waals surface area contributed by atoms with E-state index in [9.17, 15) is 13.2 Å². The number of sulfonamides is 1. The van der Waals surface area contributed by atoms with Crippen LogP contribution in [0.25, 0.3) is 0 Å². The highest BCUT2D eigenvalue weighted by Gasteiger charge is 2.19. The fourth-order valence-corrected chi connectivity index (χ4v) is 4.41. The Bertz CT molecular complexity index is 1200. The van der Waals surface area contributed by atoms with Crippen molar-refractivity contribution in [3.63, 3.8) is 0 Å². The second kappa shape index (κ2) is 10.1. The van der Waals surface area contributed by atoms with Crippen LogP contribution >= 0.6 is 11.6 Å². The lowest BCUT2D eigenvalue weighted by Gasteiger charge is -2.23. The fraction of sp³-hybridized carbons (Fsp3) is 0.208. The lowest BCUT2D eigenvalue weighted by molar-refractivity contribution is 0.0939. The van der Waals surface area contributed by atoms with Crippen LogP contribution in [0.15, 0.2) is 72.8 Å². The van der Waals surface area contributed by atoms with E-state index in [1.54, 1.807) is 55.6 Å². The average Bonchev–Trinajstić information content (AvgIpc) is 2.77. The summed E-state index contributed by atoms with van der Waals surface area (Å²) in [5, 5.41) is 3.42. The number of halogens is 1. The van der Waals surface area contributed by atoms with Gasteiger partial charge in [-0.3, -0.25) is 9.10 Å². The first-order valence-corrected chi connectivity index (χ1v) is 12.2. The van der Waals surface area contributed by atoms with Crippen molar-refractivity contribution in [2.75, 3.05) is 17.7 Å². The molecule has 6 nitrogen and oxygen atoms in total. The molecule has 0 aliphatic heterocycles. The number of anilines is 1. The number of carbonyl (C=O) groups excluding carboxylic acids is 1. The van der Waals surface area contributed by atoms with Gasteiger partial charge in [-0.25, -0.2) is 8.42 Å². The molecule has 0 saturated heterocycles. The number of nitrogens with zero attached hydrogens (tertiary/aromatic N) is 1. The Morgan fingerprint density at radius 2 is 1.75 bits per heavy atom. The zero-order valence-electron chi connectivity index (χ0n) is 18.1. The van der Waals surface area contributed by atoms with Crippen LogP contribution in [-0.2, 0) is 16.6 Å². The summed E-state index contributed by atoms with van der Waals surface area (Å²) in [4.78, 5) is 12.7. The van der Waals surface area contributed by atoms with Gasteiger partial charge in [0.2, 0.25) is 10.0 Å². The summed E-state index contributed by atoms with van der Waals surface area (Å²) in [6.07, 6.45) is 1.15. The van der Waals surface area contributed by atoms with Gasteiger partial charge in [-0.05, 0) is 48.9 Å². The molecule has 1 N–H and O–H groups in total. The lowest BCUT2D eigenvalue weighted by atomic mass is 10.1. The van der Waals surface area contributed by atoms with Gasteiger partial charge in [0, 0.05) is 16.1 Å². The molecule has 3 aromatic carbocycles. The van der Waals surface area contributed by atoms with Crippen molar-refractivity contribution >= 4 is 33.2 Å². The van der Waals surface area contributed by atoms with Gasteiger partial charge in [0.05, 0.1) is 31.6 Å². The molecule has 0 saturated carbocycles. The summed E-state index contributed by atoms with van der Waals surface area (Å²) in [6, 6.07) is 20.8. The molecular formula is C24H25ClN2O4S. The summed E-state index contributed by atoms with van der Waals surface area (Å²) in [6.45, 7) is 2.01. The standard InChI is InChI=1S/C24H25ClN2O4S/c1-17(22-9-4-5-10-23(22)31-2)26-24(28)19-13-11-18(12-14-19)16-27(32(3,29)30)21-8-6-7-20(25)15-21/h4-15,17H,16H2,1-3H3,(H,26,28). The van der Waals surface area contributed by atoms with Gasteiger partial charge in [0.25, 0.3) is 5.91 Å². The predicted molar refractivity (Wildman–Crippen MR) is 128 cm³/mol. The summed E-state index contributed by atoms with van der Waals surface area (Å²) < 4.78 is 31.3. The summed E-state index contributed by atoms with van der Waals surface area (Å²) in [7, 11) is -1.94. The minimum Gasteiger partial charge on any atom is -0.496 e. The minimum absolute atomic E-state index is 0.124. The van der Waals surface area contributed by atoms with E-state index in [0.29, 0.717) is 22.0 Å². The van der Waals surface area contributed by atoms with E-state index in [1.165, 1.54) is 4.31 Å². The number of methoxy groups -OCH3 is 1. The van der Waals surface area contributed by atoms with Crippen LogP contribution in [0, 0.1) is 0 Å². The van der Waals surface area contributed by atoms with Crippen molar-refractivity contribution in [2.45, 2.75) is 19.5 Å². The maximum Gasteiger partial charge on any atom is 0.251 e. The SMILES string of the molecule is COc1ccccc1C(C)NC(=O)c1ccc(CN(c2cccc(Cl)c2)S(C)(=O)=O)cc1. The summed E-state index contributed by atoms with van der Waals surface area (Å²) in [5.41, 5.74) is 2.58. The Labute approximate surface area is 193 Å². The fourth-order valence-electron chi connectivity index (χ4n) is 3.34. The molecule has 1 unspecified atom stereocenters. The van der Waals surface area contributed by atoms with E-state index in [0.717, 1.165) is 17.4 Å². The third-order valence-electron chi connectivity index (χ3n) is 4.99. The Morgan fingerprint density at radius 1 is 1.06 bits per heavy atom. The van der Waals surface area contributed by atoms with Crippen LogP contribution in [0.5, 0.6) is 5.75 Å². The molecule has 0 heterocycles. The molecule has 3 rings (SSSR count). The highest BCUT2D eigenvalue weighted by molar-refractivity contribution is 7.92. The predicted octanol–water partition coefficient (Wildman–Crippen LogP) is 4.81. The first kappa shape index (κ1) is 23.6. The van der Waals surface area contributed by atoms with Gasteiger partial charge in [0.1, 0.15) is 5.75 Å². The zero-order chi connectivity index (χ0) is 23.3. The number of hydrogen-bond donors (Lipinski definition) is 1. The van der Waals surface area contributed by atoms with E-state index in [1.807, 2.05) is 31.2 Å². The van der Waals surface area contributed by atoms with Crippen molar-refractivity contribution in [3.8, 4) is 5.75 Å². The topological polar surface area (TPSA) is 75.7 Å². The molecule has 0 bridgehead atoms. The molecule has 1 atom stereocenters. The number of para-hydroxylation sites is 1. The van der Waals surface area contributed by atoms with Gasteiger partial charge in [-0.1, -0.05) is 48.0 Å². The first-order chi connectivity index (χ1) is 15.2. The number of benzene rings is 3. The van der Waals surface area contributed by atoms with Crippen molar-refractivity contribution in [1.29, 1.82) is 0 Å². The molecule has 0 spiro atoms. The molecule has 0 aromatic heterocycles. The van der Waals surface area contributed by atoms with Crippen LogP contribution in [0.3, 0.4) is 0 Å². The molecule has 0 aliphatic carbocycles. The highest BCUT2D eigenvalue weighted by Crippen LogP contribution is 2.26. The number of amides is 1. The minimum atomic E-state index is -3.53. The lowest BCUT2D eigenvalue weighted by Crippen LogP contribution is -2.29. The van der Waals surface area contributed by atoms with Crippen molar-refractivity contribution < 1.29 is 17.9 Å². The van der Waals surface area contributed by atoms with Crippen molar-refractivity contribution in [3.05, 3.63) is 94.5 Å². The summed E-state index contributed by atoms with van der Waals surface area (Å²) >= 11 is 6.03. The van der Waals surface area contributed by atoms with E-state index in [2.05, 4.69) is 5.32 Å². The van der Waals surface area contributed by atoms with Crippen LogP contribution < -0.4 is 14.4 Å². The average molecular weight is 473 g/mol. The van der Waals surface area contributed by atoms with Crippen LogP contribution in [0.2, 0.25) is 5.02 Å². The van der Waals surface area contributed by atoms with Crippen LogP contribution in [0.4, 0.5) is 5.69 Å². The van der Waals surface area contributed by atoms with Gasteiger partial charge >= 0.3 is 0 Å². The molecule has 168 valence electrons. The van der Waals surface area contributed by atoms with Crippen molar-refractivity contribution in [1.82, 2.24) is 5.32 Å². The van der Waals surface area contributed by atoms with Gasteiger partial charge in [-0.2, -0.15) is 0 Å². The maximum absolute atomic E-state index is 12.7. The largest absolute Gasteiger partial charge is 0.496 e. The van der Waals surface area contributed by atoms with E-state index >= 15 is 0 Å². The van der Waals surface area contributed by atoms with Gasteiger partial charge in [-0.15, -0.1) is 0 Å². The monoisotopic (exact) mass is 472 g/mol. The number of ether oxygens (including phenoxy) is 1. The zero-order valence-corrected chi connectivity index (χ0v) is 19.7. The third kappa shape index (κ3) is 5.81. The highest BCUT2D eigenvalue weighted by atomic mass is 35.5. The van der Waals surface area contributed by atoms with Crippen LogP contribution in [-0.4, -0.2) is 27.7 Å². The number of carbonyl (C=O) groups is 1. The molecular weight excluding hydrogens is 448 g/mol. The summed E-state index contributed by atoms with van der Waals surface area (Å²) in [5.74, 6) is 0.474. The van der Waals surface area contributed by atoms with Crippen LogP contribution in [0.1, 0.15) is 34.5 Å². The molecule has 0 aliphatic rings.